The zero-order valence-corrected chi connectivity index (χ0v) is 11.4. The van der Waals surface area contributed by atoms with Gasteiger partial charge in [0, 0.05) is 11.3 Å². The van der Waals surface area contributed by atoms with Crippen LogP contribution >= 0.6 is 11.6 Å². The van der Waals surface area contributed by atoms with E-state index in [0.717, 1.165) is 29.8 Å². The molecule has 2 aromatic rings. The molecular formula is C15H15ClN2O. The topological polar surface area (TPSA) is 35.0 Å². The Hall–Kier alpha value is -1.61. The Morgan fingerprint density at radius 2 is 1.84 bits per heavy atom. The number of para-hydroxylation sites is 1. The maximum Gasteiger partial charge on any atom is 0.167 e. The summed E-state index contributed by atoms with van der Waals surface area (Å²) in [7, 11) is 0. The molecule has 1 heterocycles. The van der Waals surface area contributed by atoms with Crippen molar-refractivity contribution in [1.29, 1.82) is 0 Å². The molecule has 1 aromatic heterocycles. The van der Waals surface area contributed by atoms with E-state index in [1.54, 1.807) is 0 Å². The molecule has 0 saturated heterocycles. The first-order chi connectivity index (χ1) is 9.33. The zero-order valence-electron chi connectivity index (χ0n) is 10.6. The highest BCUT2D eigenvalue weighted by Gasteiger charge is 2.16. The fraction of sp³-hybridized carbons (Fsp3) is 0.333. The summed E-state index contributed by atoms with van der Waals surface area (Å²) in [4.78, 5) is 8.90. The van der Waals surface area contributed by atoms with Crippen molar-refractivity contribution in [2.45, 2.75) is 32.3 Å². The van der Waals surface area contributed by atoms with Gasteiger partial charge in [-0.25, -0.2) is 9.97 Å². The lowest BCUT2D eigenvalue weighted by Crippen LogP contribution is -2.12. The number of hydrogen-bond donors (Lipinski definition) is 0. The summed E-state index contributed by atoms with van der Waals surface area (Å²) in [5.74, 6) is 1.48. The van der Waals surface area contributed by atoms with Gasteiger partial charge in [0.2, 0.25) is 0 Å². The molecule has 0 aliphatic heterocycles. The molecule has 0 atom stereocenters. The maximum absolute atomic E-state index is 6.22. The number of ether oxygens (including phenoxy) is 1. The minimum absolute atomic E-state index is 0.358. The summed E-state index contributed by atoms with van der Waals surface area (Å²) >= 11 is 6.22. The molecule has 0 radical (unpaired) electrons. The van der Waals surface area contributed by atoms with Crippen LogP contribution in [0.15, 0.2) is 30.3 Å². The van der Waals surface area contributed by atoms with Gasteiger partial charge < -0.3 is 4.74 Å². The summed E-state index contributed by atoms with van der Waals surface area (Å²) < 4.78 is 5.65. The van der Waals surface area contributed by atoms with E-state index in [9.17, 15) is 0 Å². The number of aryl methyl sites for hydroxylation is 1. The summed E-state index contributed by atoms with van der Waals surface area (Å²) in [6.45, 7) is 0.358. The molecule has 0 bridgehead atoms. The van der Waals surface area contributed by atoms with E-state index in [2.05, 4.69) is 9.97 Å². The molecule has 98 valence electrons. The first-order valence-electron chi connectivity index (χ1n) is 6.55. The van der Waals surface area contributed by atoms with Gasteiger partial charge in [0.1, 0.15) is 17.5 Å². The van der Waals surface area contributed by atoms with E-state index in [1.807, 2.05) is 30.3 Å². The quantitative estimate of drug-likeness (QED) is 0.803. The predicted octanol–water partition coefficient (Wildman–Crippen LogP) is 3.59. The van der Waals surface area contributed by atoms with Crippen LogP contribution in [-0.4, -0.2) is 9.97 Å². The Balaban J connectivity index is 1.76. The first-order valence-corrected chi connectivity index (χ1v) is 6.93. The molecule has 19 heavy (non-hydrogen) atoms. The van der Waals surface area contributed by atoms with E-state index in [0.29, 0.717) is 17.6 Å². The Morgan fingerprint density at radius 1 is 1.05 bits per heavy atom. The SMILES string of the molecule is Clc1nc(COc2ccccc2)nc2c1CCCC2. The van der Waals surface area contributed by atoms with Gasteiger partial charge in [0.15, 0.2) is 5.82 Å². The third-order valence-corrected chi connectivity index (χ3v) is 3.60. The highest BCUT2D eigenvalue weighted by atomic mass is 35.5. The number of fused-ring (bicyclic) bond motifs is 1. The van der Waals surface area contributed by atoms with Crippen LogP contribution in [0.3, 0.4) is 0 Å². The van der Waals surface area contributed by atoms with Crippen molar-refractivity contribution >= 4 is 11.6 Å². The van der Waals surface area contributed by atoms with Crippen molar-refractivity contribution in [3.63, 3.8) is 0 Å². The van der Waals surface area contributed by atoms with Gasteiger partial charge in [-0.15, -0.1) is 0 Å². The molecule has 0 spiro atoms. The second-order valence-electron chi connectivity index (χ2n) is 4.66. The molecule has 0 unspecified atom stereocenters. The van der Waals surface area contributed by atoms with E-state index < -0.39 is 0 Å². The Kier molecular flexibility index (Phi) is 3.65. The number of aromatic nitrogens is 2. The van der Waals surface area contributed by atoms with Crippen LogP contribution in [0.2, 0.25) is 5.15 Å². The van der Waals surface area contributed by atoms with Crippen LogP contribution in [0.1, 0.15) is 29.9 Å². The number of nitrogens with zero attached hydrogens (tertiary/aromatic N) is 2. The zero-order chi connectivity index (χ0) is 13.1. The van der Waals surface area contributed by atoms with Gasteiger partial charge in [-0.05, 0) is 37.8 Å². The van der Waals surface area contributed by atoms with E-state index in [-0.39, 0.29) is 0 Å². The van der Waals surface area contributed by atoms with Crippen LogP contribution in [0.25, 0.3) is 0 Å². The lowest BCUT2D eigenvalue weighted by molar-refractivity contribution is 0.295. The molecule has 4 heteroatoms. The van der Waals surface area contributed by atoms with Gasteiger partial charge in [-0.1, -0.05) is 29.8 Å². The molecular weight excluding hydrogens is 260 g/mol. The highest BCUT2D eigenvalue weighted by molar-refractivity contribution is 6.30. The Morgan fingerprint density at radius 3 is 2.68 bits per heavy atom. The fourth-order valence-corrected chi connectivity index (χ4v) is 2.63. The smallest absolute Gasteiger partial charge is 0.167 e. The van der Waals surface area contributed by atoms with Crippen molar-refractivity contribution in [3.8, 4) is 5.75 Å². The molecule has 0 N–H and O–H groups in total. The lowest BCUT2D eigenvalue weighted by Gasteiger charge is -2.16. The first kappa shape index (κ1) is 12.4. The van der Waals surface area contributed by atoms with Gasteiger partial charge in [0.05, 0.1) is 0 Å². The van der Waals surface area contributed by atoms with E-state index in [4.69, 9.17) is 16.3 Å². The normalized spacial score (nSPS) is 13.9. The molecule has 3 nitrogen and oxygen atoms in total. The number of benzene rings is 1. The van der Waals surface area contributed by atoms with Crippen LogP contribution in [-0.2, 0) is 19.4 Å². The van der Waals surface area contributed by atoms with Crippen molar-refractivity contribution in [1.82, 2.24) is 9.97 Å². The van der Waals surface area contributed by atoms with Gasteiger partial charge in [-0.3, -0.25) is 0 Å². The number of halogens is 1. The third kappa shape index (κ3) is 2.87. The van der Waals surface area contributed by atoms with Crippen LogP contribution in [0, 0.1) is 0 Å². The van der Waals surface area contributed by atoms with Crippen LogP contribution in [0.5, 0.6) is 5.75 Å². The average Bonchev–Trinajstić information content (AvgIpc) is 2.46. The minimum Gasteiger partial charge on any atom is -0.486 e. The molecule has 0 saturated carbocycles. The van der Waals surface area contributed by atoms with Gasteiger partial charge >= 0.3 is 0 Å². The second kappa shape index (κ2) is 5.57. The third-order valence-electron chi connectivity index (χ3n) is 3.29. The van der Waals surface area contributed by atoms with Crippen molar-refractivity contribution in [2.75, 3.05) is 0 Å². The number of rotatable bonds is 3. The van der Waals surface area contributed by atoms with Gasteiger partial charge in [0.25, 0.3) is 0 Å². The van der Waals surface area contributed by atoms with Crippen LogP contribution in [0.4, 0.5) is 0 Å². The van der Waals surface area contributed by atoms with Crippen molar-refractivity contribution in [2.24, 2.45) is 0 Å². The minimum atomic E-state index is 0.358. The molecule has 0 amide bonds. The largest absolute Gasteiger partial charge is 0.486 e. The molecule has 1 aliphatic carbocycles. The number of hydrogen-bond acceptors (Lipinski definition) is 3. The molecule has 1 aromatic carbocycles. The molecule has 3 rings (SSSR count). The molecule has 0 fully saturated rings. The maximum atomic E-state index is 6.22. The van der Waals surface area contributed by atoms with E-state index in [1.165, 1.54) is 12.8 Å². The van der Waals surface area contributed by atoms with Crippen LogP contribution < -0.4 is 4.74 Å². The fourth-order valence-electron chi connectivity index (χ4n) is 2.33. The summed E-state index contributed by atoms with van der Waals surface area (Å²) in [5.41, 5.74) is 2.22. The molecule has 1 aliphatic rings. The van der Waals surface area contributed by atoms with Gasteiger partial charge in [-0.2, -0.15) is 0 Å². The van der Waals surface area contributed by atoms with Crippen molar-refractivity contribution in [3.05, 3.63) is 52.6 Å². The Labute approximate surface area is 117 Å². The standard InChI is InChI=1S/C15H15ClN2O/c16-15-12-8-4-5-9-13(12)17-14(18-15)10-19-11-6-2-1-3-7-11/h1-3,6-7H,4-5,8-10H2. The highest BCUT2D eigenvalue weighted by Crippen LogP contribution is 2.25. The summed E-state index contributed by atoms with van der Waals surface area (Å²) in [5, 5.41) is 0.594. The Bertz CT molecular complexity index is 572. The average molecular weight is 275 g/mol. The van der Waals surface area contributed by atoms with E-state index >= 15 is 0 Å². The second-order valence-corrected chi connectivity index (χ2v) is 5.02. The lowest BCUT2D eigenvalue weighted by atomic mass is 9.97. The monoisotopic (exact) mass is 274 g/mol. The van der Waals surface area contributed by atoms with Crippen molar-refractivity contribution < 1.29 is 4.74 Å². The predicted molar refractivity (Wildman–Crippen MR) is 74.5 cm³/mol. The summed E-state index contributed by atoms with van der Waals surface area (Å²) in [6.07, 6.45) is 4.35. The summed E-state index contributed by atoms with van der Waals surface area (Å²) in [6, 6.07) is 9.67.